The Balaban J connectivity index is 2.67. The summed E-state index contributed by atoms with van der Waals surface area (Å²) in [5.74, 6) is 0.525. The first-order valence-corrected chi connectivity index (χ1v) is 3.26. The van der Waals surface area contributed by atoms with Crippen molar-refractivity contribution in [3.05, 3.63) is 11.8 Å². The van der Waals surface area contributed by atoms with Crippen molar-refractivity contribution in [2.24, 2.45) is 0 Å². The Morgan fingerprint density at radius 2 is 2.45 bits per heavy atom. The van der Waals surface area contributed by atoms with Gasteiger partial charge in [-0.3, -0.25) is 0 Å². The summed E-state index contributed by atoms with van der Waals surface area (Å²) in [7, 11) is 0. The van der Waals surface area contributed by atoms with Crippen LogP contribution in [0, 0.1) is 11.3 Å². The van der Waals surface area contributed by atoms with Crippen LogP contribution in [-0.2, 0) is 0 Å². The largest absolute Gasteiger partial charge is 0.473 e. The molecule has 0 bridgehead atoms. The van der Waals surface area contributed by atoms with Crippen molar-refractivity contribution in [1.82, 2.24) is 5.16 Å². The van der Waals surface area contributed by atoms with E-state index >= 15 is 0 Å². The van der Waals surface area contributed by atoms with Crippen LogP contribution in [0.3, 0.4) is 0 Å². The first-order valence-electron chi connectivity index (χ1n) is 3.26. The quantitative estimate of drug-likeness (QED) is 0.641. The Bertz CT molecular complexity index is 272. The van der Waals surface area contributed by atoms with Crippen LogP contribution in [0.4, 0.5) is 0 Å². The van der Waals surface area contributed by atoms with E-state index in [-0.39, 0.29) is 11.9 Å². The van der Waals surface area contributed by atoms with E-state index in [1.165, 1.54) is 6.07 Å². The molecule has 4 nitrogen and oxygen atoms in total. The minimum absolute atomic E-state index is 0.0478. The maximum absolute atomic E-state index is 8.35. The summed E-state index contributed by atoms with van der Waals surface area (Å²) < 4.78 is 9.72. The molecule has 11 heavy (non-hydrogen) atoms. The molecular formula is C7H8N2O2. The number of hydrogen-bond acceptors (Lipinski definition) is 4. The van der Waals surface area contributed by atoms with Gasteiger partial charge in [0, 0.05) is 0 Å². The van der Waals surface area contributed by atoms with Crippen LogP contribution >= 0.6 is 0 Å². The molecule has 0 aliphatic rings. The van der Waals surface area contributed by atoms with Crippen molar-refractivity contribution >= 4 is 0 Å². The Kier molecular flexibility index (Phi) is 2.12. The van der Waals surface area contributed by atoms with E-state index in [1.54, 1.807) is 0 Å². The number of hydrogen-bond donors (Lipinski definition) is 0. The lowest BCUT2D eigenvalue weighted by Gasteiger charge is -2.02. The molecule has 1 aromatic rings. The molecule has 0 saturated carbocycles. The third-order valence-electron chi connectivity index (χ3n) is 0.955. The lowest BCUT2D eigenvalue weighted by Crippen LogP contribution is -2.05. The topological polar surface area (TPSA) is 59.0 Å². The number of nitriles is 1. The maximum Gasteiger partial charge on any atom is 0.255 e. The van der Waals surface area contributed by atoms with Gasteiger partial charge in [0.05, 0.1) is 12.2 Å². The highest BCUT2D eigenvalue weighted by Gasteiger charge is 2.04. The molecule has 0 aromatic carbocycles. The second-order valence-electron chi connectivity index (χ2n) is 2.31. The predicted octanol–water partition coefficient (Wildman–Crippen LogP) is 1.33. The molecular weight excluding hydrogens is 144 g/mol. The highest BCUT2D eigenvalue weighted by Crippen LogP contribution is 2.11. The SMILES string of the molecule is CC(C)Oc1cc(C#N)on1. The average molecular weight is 152 g/mol. The molecule has 0 radical (unpaired) electrons. The molecule has 0 N–H and O–H groups in total. The number of rotatable bonds is 2. The van der Waals surface area contributed by atoms with E-state index < -0.39 is 0 Å². The van der Waals surface area contributed by atoms with Gasteiger partial charge in [-0.15, -0.1) is 0 Å². The van der Waals surface area contributed by atoms with Crippen LogP contribution in [0.25, 0.3) is 0 Å². The molecule has 0 saturated heterocycles. The summed E-state index contributed by atoms with van der Waals surface area (Å²) in [6.07, 6.45) is 0.0478. The summed E-state index contributed by atoms with van der Waals surface area (Å²) in [6.45, 7) is 3.75. The number of ether oxygens (including phenoxy) is 1. The van der Waals surface area contributed by atoms with E-state index in [1.807, 2.05) is 19.9 Å². The van der Waals surface area contributed by atoms with Crippen LogP contribution < -0.4 is 4.74 Å². The van der Waals surface area contributed by atoms with Gasteiger partial charge in [0.25, 0.3) is 5.88 Å². The van der Waals surface area contributed by atoms with Crippen molar-refractivity contribution in [2.45, 2.75) is 20.0 Å². The fourth-order valence-electron chi connectivity index (χ4n) is 0.609. The minimum Gasteiger partial charge on any atom is -0.473 e. The number of aromatic nitrogens is 1. The van der Waals surface area contributed by atoms with E-state index in [0.29, 0.717) is 5.88 Å². The van der Waals surface area contributed by atoms with Gasteiger partial charge in [0.2, 0.25) is 5.76 Å². The van der Waals surface area contributed by atoms with Crippen LogP contribution in [0.15, 0.2) is 10.6 Å². The zero-order valence-electron chi connectivity index (χ0n) is 6.37. The minimum atomic E-state index is 0.0478. The van der Waals surface area contributed by atoms with Crippen LogP contribution in [0.5, 0.6) is 5.88 Å². The van der Waals surface area contributed by atoms with Gasteiger partial charge in [-0.1, -0.05) is 0 Å². The molecule has 0 atom stereocenters. The van der Waals surface area contributed by atoms with Crippen molar-refractivity contribution < 1.29 is 9.26 Å². The Morgan fingerprint density at radius 1 is 1.73 bits per heavy atom. The second kappa shape index (κ2) is 3.06. The maximum atomic E-state index is 8.35. The van der Waals surface area contributed by atoms with Gasteiger partial charge in [-0.2, -0.15) is 5.26 Å². The molecule has 0 aliphatic heterocycles. The van der Waals surface area contributed by atoms with E-state index in [0.717, 1.165) is 0 Å². The lowest BCUT2D eigenvalue weighted by atomic mass is 10.4. The van der Waals surface area contributed by atoms with Gasteiger partial charge in [0.15, 0.2) is 0 Å². The van der Waals surface area contributed by atoms with Gasteiger partial charge < -0.3 is 9.26 Å². The van der Waals surface area contributed by atoms with Crippen molar-refractivity contribution in [1.29, 1.82) is 5.26 Å². The van der Waals surface area contributed by atoms with Crippen LogP contribution in [0.2, 0.25) is 0 Å². The third kappa shape index (κ3) is 1.97. The summed E-state index contributed by atoms with van der Waals surface area (Å²) >= 11 is 0. The van der Waals surface area contributed by atoms with Crippen molar-refractivity contribution in [3.8, 4) is 11.9 Å². The Labute approximate surface area is 64.4 Å². The molecule has 1 rings (SSSR count). The summed E-state index contributed by atoms with van der Waals surface area (Å²) in [6, 6.07) is 3.27. The monoisotopic (exact) mass is 152 g/mol. The molecule has 0 aliphatic carbocycles. The van der Waals surface area contributed by atoms with Crippen LogP contribution in [-0.4, -0.2) is 11.3 Å². The van der Waals surface area contributed by atoms with Crippen molar-refractivity contribution in [2.75, 3.05) is 0 Å². The lowest BCUT2D eigenvalue weighted by molar-refractivity contribution is 0.217. The van der Waals surface area contributed by atoms with Gasteiger partial charge in [0.1, 0.15) is 6.07 Å². The average Bonchev–Trinajstić information content (AvgIpc) is 2.34. The zero-order valence-corrected chi connectivity index (χ0v) is 6.37. The highest BCUT2D eigenvalue weighted by atomic mass is 16.5. The molecule has 0 fully saturated rings. The highest BCUT2D eigenvalue weighted by molar-refractivity contribution is 5.21. The normalized spacial score (nSPS) is 9.64. The predicted molar refractivity (Wildman–Crippen MR) is 37.0 cm³/mol. The van der Waals surface area contributed by atoms with E-state index in [4.69, 9.17) is 10.00 Å². The molecule has 0 unspecified atom stereocenters. The smallest absolute Gasteiger partial charge is 0.255 e. The van der Waals surface area contributed by atoms with Crippen molar-refractivity contribution in [3.63, 3.8) is 0 Å². The van der Waals surface area contributed by atoms with Gasteiger partial charge in [-0.25, -0.2) is 0 Å². The van der Waals surface area contributed by atoms with Crippen LogP contribution in [0.1, 0.15) is 19.6 Å². The summed E-state index contributed by atoms with van der Waals surface area (Å²) in [5.41, 5.74) is 0. The fourth-order valence-corrected chi connectivity index (χ4v) is 0.609. The Hall–Kier alpha value is -1.50. The fraction of sp³-hybridized carbons (Fsp3) is 0.429. The van der Waals surface area contributed by atoms with E-state index in [9.17, 15) is 0 Å². The molecule has 1 heterocycles. The molecule has 0 amide bonds. The zero-order chi connectivity index (χ0) is 8.27. The first kappa shape index (κ1) is 7.61. The van der Waals surface area contributed by atoms with Gasteiger partial charge >= 0.3 is 0 Å². The molecule has 1 aromatic heterocycles. The number of nitrogens with zero attached hydrogens (tertiary/aromatic N) is 2. The second-order valence-corrected chi connectivity index (χ2v) is 2.31. The Morgan fingerprint density at radius 3 is 2.91 bits per heavy atom. The third-order valence-corrected chi connectivity index (χ3v) is 0.955. The van der Waals surface area contributed by atoms with Gasteiger partial charge in [-0.05, 0) is 19.0 Å². The summed E-state index contributed by atoms with van der Waals surface area (Å²) in [4.78, 5) is 0. The first-order chi connectivity index (χ1) is 5.22. The summed E-state index contributed by atoms with van der Waals surface area (Å²) in [5, 5.41) is 11.9. The molecule has 58 valence electrons. The van der Waals surface area contributed by atoms with E-state index in [2.05, 4.69) is 9.68 Å². The standard InChI is InChI=1S/C7H8N2O2/c1-5(2)10-7-3-6(4-8)11-9-7/h3,5H,1-2H3. The molecule has 0 spiro atoms. The molecule has 4 heteroatoms.